The van der Waals surface area contributed by atoms with Crippen molar-refractivity contribution >= 4 is 23.5 Å². The summed E-state index contributed by atoms with van der Waals surface area (Å²) >= 11 is 5.91. The Labute approximate surface area is 136 Å². The maximum absolute atomic E-state index is 11.7. The first-order valence-electron chi connectivity index (χ1n) is 7.60. The van der Waals surface area contributed by atoms with Crippen LogP contribution in [-0.2, 0) is 14.3 Å². The number of unbranched alkanes of at least 4 members (excludes halogenated alkanes) is 2. The zero-order valence-corrected chi connectivity index (χ0v) is 13.9. The lowest BCUT2D eigenvalue weighted by Gasteiger charge is -2.07. The first kappa shape index (κ1) is 18.5. The van der Waals surface area contributed by atoms with Gasteiger partial charge >= 0.3 is 11.9 Å². The highest BCUT2D eigenvalue weighted by Crippen LogP contribution is 2.23. The molecule has 0 saturated heterocycles. The van der Waals surface area contributed by atoms with Crippen LogP contribution in [0.5, 0.6) is 5.75 Å². The van der Waals surface area contributed by atoms with Gasteiger partial charge in [-0.2, -0.15) is 0 Å². The minimum Gasteiger partial charge on any atom is -0.465 e. The molecule has 1 aromatic rings. The van der Waals surface area contributed by atoms with Crippen molar-refractivity contribution in [3.8, 4) is 5.75 Å². The molecule has 122 valence electrons. The molecule has 0 aliphatic heterocycles. The Bertz CT molecular complexity index is 485. The molecule has 0 saturated carbocycles. The SMILES string of the molecule is CC(C)COC(=O)CCCCCC(=O)Oc1ccccc1Cl. The second-order valence-corrected chi connectivity index (χ2v) is 5.95. The molecule has 0 heterocycles. The van der Waals surface area contributed by atoms with Crippen molar-refractivity contribution in [2.24, 2.45) is 5.92 Å². The fourth-order valence-electron chi connectivity index (χ4n) is 1.75. The summed E-state index contributed by atoms with van der Waals surface area (Å²) in [4.78, 5) is 23.1. The van der Waals surface area contributed by atoms with Crippen LogP contribution in [0.25, 0.3) is 0 Å². The predicted octanol–water partition coefficient (Wildman–Crippen LogP) is 4.40. The lowest BCUT2D eigenvalue weighted by atomic mass is 10.1. The first-order chi connectivity index (χ1) is 10.5. The molecule has 0 aliphatic carbocycles. The van der Waals surface area contributed by atoms with Gasteiger partial charge in [0.15, 0.2) is 0 Å². The molecule has 0 aliphatic rings. The van der Waals surface area contributed by atoms with E-state index in [1.807, 2.05) is 13.8 Å². The highest BCUT2D eigenvalue weighted by atomic mass is 35.5. The van der Waals surface area contributed by atoms with Crippen molar-refractivity contribution in [3.05, 3.63) is 29.3 Å². The largest absolute Gasteiger partial charge is 0.465 e. The highest BCUT2D eigenvalue weighted by Gasteiger charge is 2.08. The summed E-state index contributed by atoms with van der Waals surface area (Å²) in [5.74, 6) is 0.248. The van der Waals surface area contributed by atoms with Gasteiger partial charge in [0.2, 0.25) is 0 Å². The Balaban J connectivity index is 2.11. The zero-order chi connectivity index (χ0) is 16.4. The Kier molecular flexibility index (Phi) is 8.60. The van der Waals surface area contributed by atoms with E-state index in [9.17, 15) is 9.59 Å². The van der Waals surface area contributed by atoms with Crippen molar-refractivity contribution in [1.29, 1.82) is 0 Å². The average molecular weight is 327 g/mol. The maximum atomic E-state index is 11.7. The molecule has 0 fully saturated rings. The Morgan fingerprint density at radius 2 is 1.68 bits per heavy atom. The van der Waals surface area contributed by atoms with Crippen LogP contribution in [0, 0.1) is 5.92 Å². The molecule has 0 bridgehead atoms. The van der Waals surface area contributed by atoms with Gasteiger partial charge in [0.25, 0.3) is 0 Å². The van der Waals surface area contributed by atoms with Gasteiger partial charge in [-0.15, -0.1) is 0 Å². The van der Waals surface area contributed by atoms with Crippen LogP contribution in [0.2, 0.25) is 5.02 Å². The van der Waals surface area contributed by atoms with Gasteiger partial charge in [-0.3, -0.25) is 9.59 Å². The number of rotatable bonds is 9. The van der Waals surface area contributed by atoms with Gasteiger partial charge < -0.3 is 9.47 Å². The summed E-state index contributed by atoms with van der Waals surface area (Å²) in [6, 6.07) is 6.87. The number of carbonyl (C=O) groups excluding carboxylic acids is 2. The number of hydrogen-bond donors (Lipinski definition) is 0. The first-order valence-corrected chi connectivity index (χ1v) is 7.97. The summed E-state index contributed by atoms with van der Waals surface area (Å²) in [6.07, 6.45) is 2.89. The minimum absolute atomic E-state index is 0.174. The third-order valence-corrected chi connectivity index (χ3v) is 3.21. The number of para-hydroxylation sites is 1. The number of halogens is 1. The van der Waals surface area contributed by atoms with Gasteiger partial charge in [0.1, 0.15) is 5.75 Å². The van der Waals surface area contributed by atoms with Gasteiger partial charge in [-0.1, -0.05) is 44.0 Å². The molecule has 1 rings (SSSR count). The van der Waals surface area contributed by atoms with Crippen LogP contribution in [0.1, 0.15) is 46.0 Å². The molecule has 0 aromatic heterocycles. The van der Waals surface area contributed by atoms with Gasteiger partial charge in [-0.25, -0.2) is 0 Å². The number of esters is 2. The molecule has 0 amide bonds. The quantitative estimate of drug-likeness (QED) is 0.383. The van der Waals surface area contributed by atoms with E-state index in [0.29, 0.717) is 42.6 Å². The molecule has 5 heteroatoms. The number of hydrogen-bond acceptors (Lipinski definition) is 4. The summed E-state index contributed by atoms with van der Waals surface area (Å²) in [6.45, 7) is 4.46. The topological polar surface area (TPSA) is 52.6 Å². The highest BCUT2D eigenvalue weighted by molar-refractivity contribution is 6.32. The lowest BCUT2D eigenvalue weighted by molar-refractivity contribution is -0.144. The summed E-state index contributed by atoms with van der Waals surface area (Å²) in [5, 5.41) is 0.420. The third-order valence-electron chi connectivity index (χ3n) is 2.90. The molecule has 4 nitrogen and oxygen atoms in total. The molecule has 0 N–H and O–H groups in total. The van der Waals surface area contributed by atoms with E-state index < -0.39 is 0 Å². The van der Waals surface area contributed by atoms with Gasteiger partial charge in [0, 0.05) is 12.8 Å². The van der Waals surface area contributed by atoms with Crippen LogP contribution in [0.3, 0.4) is 0 Å². The van der Waals surface area contributed by atoms with E-state index in [4.69, 9.17) is 21.1 Å². The fraction of sp³-hybridized carbons (Fsp3) is 0.529. The molecule has 0 unspecified atom stereocenters. The Morgan fingerprint density at radius 1 is 1.05 bits per heavy atom. The molecule has 0 radical (unpaired) electrons. The molecular weight excluding hydrogens is 304 g/mol. The van der Waals surface area contributed by atoms with E-state index in [-0.39, 0.29) is 11.9 Å². The zero-order valence-electron chi connectivity index (χ0n) is 13.1. The maximum Gasteiger partial charge on any atom is 0.311 e. The van der Waals surface area contributed by atoms with Gasteiger partial charge in [0.05, 0.1) is 11.6 Å². The van der Waals surface area contributed by atoms with E-state index in [1.54, 1.807) is 24.3 Å². The van der Waals surface area contributed by atoms with Crippen LogP contribution >= 0.6 is 11.6 Å². The average Bonchev–Trinajstić information content (AvgIpc) is 2.47. The van der Waals surface area contributed by atoms with Crippen molar-refractivity contribution < 1.29 is 19.1 Å². The monoisotopic (exact) mass is 326 g/mol. The van der Waals surface area contributed by atoms with Crippen molar-refractivity contribution in [2.75, 3.05) is 6.61 Å². The Morgan fingerprint density at radius 3 is 2.32 bits per heavy atom. The van der Waals surface area contributed by atoms with E-state index in [1.165, 1.54) is 0 Å². The lowest BCUT2D eigenvalue weighted by Crippen LogP contribution is -2.10. The minimum atomic E-state index is -0.310. The van der Waals surface area contributed by atoms with Crippen molar-refractivity contribution in [2.45, 2.75) is 46.0 Å². The predicted molar refractivity (Wildman–Crippen MR) is 86.0 cm³/mol. The smallest absolute Gasteiger partial charge is 0.311 e. The fourth-order valence-corrected chi connectivity index (χ4v) is 1.92. The van der Waals surface area contributed by atoms with Crippen LogP contribution in [0.4, 0.5) is 0 Å². The molecule has 0 spiro atoms. The van der Waals surface area contributed by atoms with Crippen molar-refractivity contribution in [1.82, 2.24) is 0 Å². The van der Waals surface area contributed by atoms with Crippen LogP contribution in [0.15, 0.2) is 24.3 Å². The van der Waals surface area contributed by atoms with E-state index in [2.05, 4.69) is 0 Å². The van der Waals surface area contributed by atoms with E-state index in [0.717, 1.165) is 12.8 Å². The second-order valence-electron chi connectivity index (χ2n) is 5.54. The standard InChI is InChI=1S/C17H23ClO4/c1-13(2)12-21-16(19)10-4-3-5-11-17(20)22-15-9-7-6-8-14(15)18/h6-9,13H,3-5,10-12H2,1-2H3. The van der Waals surface area contributed by atoms with Gasteiger partial charge in [-0.05, 0) is 30.9 Å². The number of ether oxygens (including phenoxy) is 2. The van der Waals surface area contributed by atoms with Crippen molar-refractivity contribution in [3.63, 3.8) is 0 Å². The summed E-state index contributed by atoms with van der Waals surface area (Å²) in [7, 11) is 0. The number of carbonyl (C=O) groups is 2. The normalized spacial score (nSPS) is 10.5. The van der Waals surface area contributed by atoms with Crippen LogP contribution in [-0.4, -0.2) is 18.5 Å². The molecular formula is C17H23ClO4. The third kappa shape index (κ3) is 8.03. The van der Waals surface area contributed by atoms with E-state index >= 15 is 0 Å². The molecule has 22 heavy (non-hydrogen) atoms. The Hall–Kier alpha value is -1.55. The number of benzene rings is 1. The molecule has 0 atom stereocenters. The summed E-state index contributed by atoms with van der Waals surface area (Å²) in [5.41, 5.74) is 0. The van der Waals surface area contributed by atoms with Crippen LogP contribution < -0.4 is 4.74 Å². The second kappa shape index (κ2) is 10.2. The summed E-state index contributed by atoms with van der Waals surface area (Å²) < 4.78 is 10.3. The molecule has 1 aromatic carbocycles.